The van der Waals surface area contributed by atoms with Gasteiger partial charge < -0.3 is 15.8 Å². The van der Waals surface area contributed by atoms with E-state index in [2.05, 4.69) is 10.1 Å². The minimum Gasteiger partial charge on any atom is -0.409 e. The second kappa shape index (κ2) is 5.79. The summed E-state index contributed by atoms with van der Waals surface area (Å²) >= 11 is 0. The first kappa shape index (κ1) is 13.5. The summed E-state index contributed by atoms with van der Waals surface area (Å²) in [7, 11) is -0.819. The molecule has 0 radical (unpaired) electrons. The first-order chi connectivity index (χ1) is 9.11. The number of hydrogen-bond acceptors (Lipinski definition) is 5. The largest absolute Gasteiger partial charge is 0.409 e. The molecule has 0 atom stereocenters. The van der Waals surface area contributed by atoms with Crippen LogP contribution in [-0.2, 0) is 10.8 Å². The third-order valence-electron chi connectivity index (χ3n) is 2.85. The van der Waals surface area contributed by atoms with Gasteiger partial charge in [0, 0.05) is 47.2 Å². The average molecular weight is 282 g/mol. The van der Waals surface area contributed by atoms with Crippen LogP contribution in [0.15, 0.2) is 23.5 Å². The van der Waals surface area contributed by atoms with E-state index in [1.165, 1.54) is 12.3 Å². The summed E-state index contributed by atoms with van der Waals surface area (Å²) in [6.07, 6.45) is 1.38. The zero-order valence-corrected chi connectivity index (χ0v) is 11.0. The van der Waals surface area contributed by atoms with Crippen molar-refractivity contribution in [2.45, 2.75) is 0 Å². The number of carbonyl (C=O) groups excluding carboxylic acids is 1. The van der Waals surface area contributed by atoms with Crippen molar-refractivity contribution in [1.29, 1.82) is 0 Å². The number of nitrogens with zero attached hydrogens (tertiary/aromatic N) is 3. The number of rotatable bonds is 2. The summed E-state index contributed by atoms with van der Waals surface area (Å²) in [4.78, 5) is 17.7. The van der Waals surface area contributed by atoms with Crippen LogP contribution in [0.3, 0.4) is 0 Å². The van der Waals surface area contributed by atoms with Gasteiger partial charge >= 0.3 is 0 Å². The lowest BCUT2D eigenvalue weighted by Crippen LogP contribution is -2.42. The number of oxime groups is 1. The van der Waals surface area contributed by atoms with Gasteiger partial charge in [0.2, 0.25) is 0 Å². The van der Waals surface area contributed by atoms with E-state index < -0.39 is 10.8 Å². The average Bonchev–Trinajstić information content (AvgIpc) is 2.46. The first-order valence-electron chi connectivity index (χ1n) is 5.70. The van der Waals surface area contributed by atoms with E-state index in [1.54, 1.807) is 11.0 Å². The third kappa shape index (κ3) is 3.08. The van der Waals surface area contributed by atoms with Crippen molar-refractivity contribution in [2.75, 3.05) is 24.6 Å². The third-order valence-corrected chi connectivity index (χ3v) is 4.13. The molecule has 19 heavy (non-hydrogen) atoms. The summed E-state index contributed by atoms with van der Waals surface area (Å²) in [6.45, 7) is 0.963. The summed E-state index contributed by atoms with van der Waals surface area (Å²) in [5, 5.41) is 11.4. The molecular formula is C11H14N4O3S. The van der Waals surface area contributed by atoms with Crippen LogP contribution in [-0.4, -0.2) is 55.6 Å². The molecule has 0 spiro atoms. The molecule has 102 valence electrons. The van der Waals surface area contributed by atoms with Gasteiger partial charge in [0.25, 0.3) is 5.91 Å². The molecule has 0 aliphatic carbocycles. The summed E-state index contributed by atoms with van der Waals surface area (Å²) < 4.78 is 11.2. The number of hydrogen-bond donors (Lipinski definition) is 2. The number of amidine groups is 1. The molecule has 1 aliphatic rings. The Morgan fingerprint density at radius 1 is 1.42 bits per heavy atom. The fraction of sp³-hybridized carbons (Fsp3) is 0.364. The van der Waals surface area contributed by atoms with Crippen LogP contribution < -0.4 is 5.73 Å². The molecule has 3 N–H and O–H groups in total. The van der Waals surface area contributed by atoms with Crippen molar-refractivity contribution in [1.82, 2.24) is 9.88 Å². The minimum absolute atomic E-state index is 0.0557. The van der Waals surface area contributed by atoms with Gasteiger partial charge in [-0.05, 0) is 12.1 Å². The zero-order valence-electron chi connectivity index (χ0n) is 10.2. The van der Waals surface area contributed by atoms with E-state index in [0.29, 0.717) is 35.9 Å². The topological polar surface area (TPSA) is 109 Å². The van der Waals surface area contributed by atoms with Crippen molar-refractivity contribution in [3.63, 3.8) is 0 Å². The fourth-order valence-corrected chi connectivity index (χ4v) is 2.78. The molecule has 2 heterocycles. The Morgan fingerprint density at radius 3 is 2.63 bits per heavy atom. The molecule has 7 nitrogen and oxygen atoms in total. The molecule has 1 aromatic heterocycles. The molecule has 1 aliphatic heterocycles. The molecule has 1 aromatic rings. The summed E-state index contributed by atoms with van der Waals surface area (Å²) in [5.41, 5.74) is 6.15. The molecule has 2 rings (SSSR count). The number of nitrogens with two attached hydrogens (primary N) is 1. The Kier molecular flexibility index (Phi) is 4.10. The van der Waals surface area contributed by atoms with E-state index in [0.717, 1.165) is 0 Å². The van der Waals surface area contributed by atoms with Crippen LogP contribution in [0.1, 0.15) is 16.1 Å². The maximum Gasteiger partial charge on any atom is 0.272 e. The first-order valence-corrected chi connectivity index (χ1v) is 7.19. The second-order valence-electron chi connectivity index (χ2n) is 4.06. The molecule has 0 bridgehead atoms. The molecule has 0 unspecified atom stereocenters. The van der Waals surface area contributed by atoms with Crippen molar-refractivity contribution < 1.29 is 14.2 Å². The van der Waals surface area contributed by atoms with Crippen LogP contribution in [0.25, 0.3) is 0 Å². The summed E-state index contributed by atoms with van der Waals surface area (Å²) in [6, 6.07) is 3.10. The molecule has 1 amide bonds. The number of amides is 1. The highest BCUT2D eigenvalue weighted by atomic mass is 32.2. The van der Waals surface area contributed by atoms with E-state index in [1.807, 2.05) is 0 Å². The van der Waals surface area contributed by atoms with Crippen molar-refractivity contribution in [3.8, 4) is 0 Å². The van der Waals surface area contributed by atoms with Crippen LogP contribution >= 0.6 is 0 Å². The van der Waals surface area contributed by atoms with Crippen LogP contribution in [0, 0.1) is 0 Å². The Hall–Kier alpha value is -1.96. The minimum atomic E-state index is -0.819. The summed E-state index contributed by atoms with van der Waals surface area (Å²) in [5.74, 6) is 0.768. The van der Waals surface area contributed by atoms with Gasteiger partial charge in [-0.3, -0.25) is 14.0 Å². The molecule has 0 aromatic carbocycles. The molecule has 8 heteroatoms. The number of pyridine rings is 1. The normalized spacial score (nSPS) is 17.5. The van der Waals surface area contributed by atoms with Crippen LogP contribution in [0.5, 0.6) is 0 Å². The van der Waals surface area contributed by atoms with E-state index in [9.17, 15) is 9.00 Å². The van der Waals surface area contributed by atoms with Gasteiger partial charge in [-0.2, -0.15) is 0 Å². The van der Waals surface area contributed by atoms with Crippen molar-refractivity contribution >= 4 is 22.5 Å². The Bertz CT molecular complexity index is 519. The van der Waals surface area contributed by atoms with Gasteiger partial charge in [-0.25, -0.2) is 0 Å². The second-order valence-corrected chi connectivity index (χ2v) is 5.75. The number of carbonyl (C=O) groups is 1. The highest BCUT2D eigenvalue weighted by molar-refractivity contribution is 7.85. The maximum absolute atomic E-state index is 12.1. The van der Waals surface area contributed by atoms with Gasteiger partial charge in [0.15, 0.2) is 5.84 Å². The van der Waals surface area contributed by atoms with Gasteiger partial charge in [-0.15, -0.1) is 0 Å². The van der Waals surface area contributed by atoms with Gasteiger partial charge in [0.1, 0.15) is 5.69 Å². The maximum atomic E-state index is 12.1. The van der Waals surface area contributed by atoms with Crippen LogP contribution in [0.2, 0.25) is 0 Å². The smallest absolute Gasteiger partial charge is 0.272 e. The predicted molar refractivity (Wildman–Crippen MR) is 70.5 cm³/mol. The lowest BCUT2D eigenvalue weighted by molar-refractivity contribution is 0.0765. The van der Waals surface area contributed by atoms with E-state index in [-0.39, 0.29) is 11.7 Å². The zero-order chi connectivity index (χ0) is 13.8. The highest BCUT2D eigenvalue weighted by Crippen LogP contribution is 2.07. The Labute approximate surface area is 112 Å². The molecule has 0 saturated carbocycles. The fourth-order valence-electron chi connectivity index (χ4n) is 1.73. The van der Waals surface area contributed by atoms with Crippen molar-refractivity contribution in [3.05, 3.63) is 29.6 Å². The van der Waals surface area contributed by atoms with Crippen molar-refractivity contribution in [2.24, 2.45) is 10.9 Å². The van der Waals surface area contributed by atoms with Gasteiger partial charge in [0.05, 0.1) is 0 Å². The SMILES string of the molecule is NC(=NO)c1ccc(C(=O)N2CCS(=O)CC2)nc1. The lowest BCUT2D eigenvalue weighted by atomic mass is 10.2. The lowest BCUT2D eigenvalue weighted by Gasteiger charge is -2.25. The quantitative estimate of drug-likeness (QED) is 0.325. The highest BCUT2D eigenvalue weighted by Gasteiger charge is 2.22. The molecule has 1 saturated heterocycles. The predicted octanol–water partition coefficient (Wildman–Crippen LogP) is -0.619. The Morgan fingerprint density at radius 2 is 2.11 bits per heavy atom. The number of aromatic nitrogens is 1. The van der Waals surface area contributed by atoms with E-state index >= 15 is 0 Å². The monoisotopic (exact) mass is 282 g/mol. The molecular weight excluding hydrogens is 268 g/mol. The van der Waals surface area contributed by atoms with E-state index in [4.69, 9.17) is 10.9 Å². The molecule has 1 fully saturated rings. The standard InChI is InChI=1S/C11H14N4O3S/c12-10(14-17)8-1-2-9(13-7-8)11(16)15-3-5-19(18)6-4-15/h1-2,7,17H,3-6H2,(H2,12,14). The Balaban J connectivity index is 2.09. The van der Waals surface area contributed by atoms with Crippen LogP contribution in [0.4, 0.5) is 0 Å². The van der Waals surface area contributed by atoms with Gasteiger partial charge in [-0.1, -0.05) is 5.16 Å².